The molecule has 22 nitrogen and oxygen atoms in total. The van der Waals surface area contributed by atoms with Crippen LogP contribution in [0.3, 0.4) is 0 Å². The maximum absolute atomic E-state index is 12.9. The fourth-order valence-electron chi connectivity index (χ4n) is 7.11. The number of anilines is 2. The van der Waals surface area contributed by atoms with E-state index in [4.69, 9.17) is 49.7 Å². The van der Waals surface area contributed by atoms with E-state index >= 15 is 0 Å². The lowest BCUT2D eigenvalue weighted by Gasteiger charge is -2.35. The number of nitrogens with two attached hydrogens (primary N) is 2. The van der Waals surface area contributed by atoms with Gasteiger partial charge in [0.05, 0.1) is 105 Å². The highest BCUT2D eigenvalue weighted by molar-refractivity contribution is 8.00. The lowest BCUT2D eigenvalue weighted by molar-refractivity contribution is -0.139. The van der Waals surface area contributed by atoms with E-state index in [-0.39, 0.29) is 37.2 Å². The number of amides is 2. The molecule has 0 saturated carbocycles. The van der Waals surface area contributed by atoms with E-state index in [0.29, 0.717) is 98.7 Å². The molecule has 4 rings (SSSR count). The number of nitrogens with zero attached hydrogens (tertiary/aromatic N) is 5. The molecule has 2 aromatic heterocycles. The van der Waals surface area contributed by atoms with Crippen LogP contribution in [0.4, 0.5) is 11.8 Å². The number of fused-ring (bicyclic) bond motifs is 1. The van der Waals surface area contributed by atoms with Gasteiger partial charge < -0.3 is 74.9 Å². The Balaban J connectivity index is 0.942. The number of rotatable bonds is 38. The maximum Gasteiger partial charge on any atom is 0.321 e. The van der Waals surface area contributed by atoms with Crippen LogP contribution in [-0.2, 0) is 60.7 Å². The number of thioether (sulfide) groups is 1. The molecule has 0 radical (unpaired) electrons. The Bertz CT molecular complexity index is 1990. The summed E-state index contributed by atoms with van der Waals surface area (Å²) in [4.78, 5) is 60.3. The summed E-state index contributed by atoms with van der Waals surface area (Å²) in [7, 11) is 1.70. The first kappa shape index (κ1) is 56.7. The highest BCUT2D eigenvalue weighted by atomic mass is 32.2. The van der Waals surface area contributed by atoms with Crippen molar-refractivity contribution in [1.82, 2.24) is 29.7 Å². The fourth-order valence-corrected chi connectivity index (χ4v) is 8.10. The van der Waals surface area contributed by atoms with Gasteiger partial charge in [-0.05, 0) is 24.1 Å². The van der Waals surface area contributed by atoms with Gasteiger partial charge in [0.1, 0.15) is 22.6 Å². The van der Waals surface area contributed by atoms with Crippen molar-refractivity contribution in [3.63, 3.8) is 0 Å². The fraction of sp³-hybridized carbons (Fsp3) is 0.652. The second-order valence-corrected chi connectivity index (χ2v) is 17.4. The smallest absolute Gasteiger partial charge is 0.321 e. The summed E-state index contributed by atoms with van der Waals surface area (Å²) in [5, 5.41) is 23.0. The number of nitrogen functional groups attached to an aromatic ring is 1. The molecule has 23 heteroatoms. The van der Waals surface area contributed by atoms with Crippen LogP contribution in [0.25, 0.3) is 11.0 Å². The van der Waals surface area contributed by atoms with Crippen LogP contribution in [0.2, 0.25) is 0 Å². The number of piperazine rings is 1. The van der Waals surface area contributed by atoms with Crippen LogP contribution in [0.5, 0.6) is 5.75 Å². The average molecular weight is 992 g/mol. The number of ether oxygens (including phenoxy) is 7. The Kier molecular flexibility index (Phi) is 27.0. The molecule has 1 aliphatic heterocycles. The zero-order valence-corrected chi connectivity index (χ0v) is 40.9. The number of carboxylic acid groups (broad SMARTS) is 2. The molecule has 8 N–H and O–H groups in total. The Morgan fingerprint density at radius 3 is 2.00 bits per heavy atom. The van der Waals surface area contributed by atoms with Crippen LogP contribution in [-0.4, -0.2) is 201 Å². The number of benzene rings is 1. The third-order valence-corrected chi connectivity index (χ3v) is 12.2. The average Bonchev–Trinajstić information content (AvgIpc) is 3.74. The number of carboxylic acids is 2. The maximum atomic E-state index is 12.9. The largest absolute Gasteiger partial charge is 0.496 e. The zero-order chi connectivity index (χ0) is 49.6. The van der Waals surface area contributed by atoms with Gasteiger partial charge in [0.25, 0.3) is 0 Å². The van der Waals surface area contributed by atoms with Crippen molar-refractivity contribution in [3.05, 3.63) is 41.6 Å². The van der Waals surface area contributed by atoms with E-state index in [1.807, 2.05) is 17.2 Å². The van der Waals surface area contributed by atoms with Gasteiger partial charge in [-0.25, -0.2) is 4.98 Å². The molecule has 1 saturated heterocycles. The second kappa shape index (κ2) is 32.9. The summed E-state index contributed by atoms with van der Waals surface area (Å²) in [5.41, 5.74) is 15.3. The van der Waals surface area contributed by atoms with Crippen molar-refractivity contribution in [2.24, 2.45) is 5.73 Å². The van der Waals surface area contributed by atoms with Crippen molar-refractivity contribution in [2.45, 2.75) is 63.4 Å². The second-order valence-electron chi connectivity index (χ2n) is 16.1. The molecule has 0 bridgehead atoms. The number of nitrogens with one attached hydrogen (secondary N) is 2. The minimum absolute atomic E-state index is 0.0889. The van der Waals surface area contributed by atoms with Crippen LogP contribution < -0.4 is 26.8 Å². The van der Waals surface area contributed by atoms with Crippen molar-refractivity contribution in [3.8, 4) is 5.75 Å². The van der Waals surface area contributed by atoms with E-state index in [1.54, 1.807) is 7.11 Å². The molecule has 0 spiro atoms. The van der Waals surface area contributed by atoms with E-state index in [0.717, 1.165) is 90.9 Å². The van der Waals surface area contributed by atoms with Gasteiger partial charge in [-0.15, -0.1) is 11.8 Å². The molecule has 1 aromatic carbocycles. The van der Waals surface area contributed by atoms with E-state index in [9.17, 15) is 24.3 Å². The normalized spacial score (nSPS) is 13.9. The molecule has 69 heavy (non-hydrogen) atoms. The molecular weight excluding hydrogens is 919 g/mol. The SMILES string of the molecule is CCCCCNc1nc(N)nc2ccn(Cc3ccc(CN4CCN(C(=O)CCOCCOCCOCCOCCOCCOCCNC(=O)C[C@H](SC[C@H](N)C(=O)O)C(=O)O)CC4)cc3OC)c12. The van der Waals surface area contributed by atoms with Crippen LogP contribution in [0.15, 0.2) is 30.5 Å². The van der Waals surface area contributed by atoms with Gasteiger partial charge in [-0.1, -0.05) is 31.9 Å². The molecule has 1 fully saturated rings. The minimum atomic E-state index is -1.24. The highest BCUT2D eigenvalue weighted by Crippen LogP contribution is 2.28. The molecule has 2 atom stereocenters. The molecule has 0 unspecified atom stereocenters. The van der Waals surface area contributed by atoms with Gasteiger partial charge in [-0.2, -0.15) is 4.98 Å². The number of aliphatic carboxylic acids is 2. The van der Waals surface area contributed by atoms with Crippen molar-refractivity contribution < 1.29 is 62.5 Å². The number of methoxy groups -OCH3 is 1. The van der Waals surface area contributed by atoms with Crippen LogP contribution >= 0.6 is 11.8 Å². The zero-order valence-electron chi connectivity index (χ0n) is 40.1. The molecule has 0 aliphatic carbocycles. The minimum Gasteiger partial charge on any atom is -0.496 e. The summed E-state index contributed by atoms with van der Waals surface area (Å²) in [6.45, 7) is 11.8. The monoisotopic (exact) mass is 992 g/mol. The lowest BCUT2D eigenvalue weighted by Crippen LogP contribution is -2.48. The Morgan fingerprint density at radius 2 is 1.41 bits per heavy atom. The Morgan fingerprint density at radius 1 is 0.783 bits per heavy atom. The molecular formula is C46H73N9O13S. The van der Waals surface area contributed by atoms with E-state index < -0.39 is 29.1 Å². The van der Waals surface area contributed by atoms with E-state index in [1.165, 1.54) is 0 Å². The van der Waals surface area contributed by atoms with Crippen LogP contribution in [0.1, 0.15) is 50.2 Å². The quantitative estimate of drug-likeness (QED) is 0.0447. The summed E-state index contributed by atoms with van der Waals surface area (Å²) >= 11 is 0.813. The van der Waals surface area contributed by atoms with Gasteiger partial charge in [0.2, 0.25) is 17.8 Å². The molecule has 3 heterocycles. The van der Waals surface area contributed by atoms with Crippen molar-refractivity contribution in [1.29, 1.82) is 0 Å². The van der Waals surface area contributed by atoms with Gasteiger partial charge in [-0.3, -0.25) is 24.1 Å². The standard InChI is InChI=1S/C46H73N9O13S/c1-3-4-5-10-50-43-42-37(51-46(48)52-43)8-12-55(42)32-35-7-6-34(29-38(35)62-2)31-53-13-15-54(16-14-53)41(57)9-17-63-19-21-65-23-25-67-27-28-68-26-24-66-22-20-64-18-11-49-40(56)30-39(45(60)61)69-33-36(47)44(58)59/h6-8,12,29,36,39H,3-5,9-11,13-28,30-33,47H2,1-2H3,(H,49,56)(H,58,59)(H,60,61)(H3,48,50,51,52)/t36-,39-/m0/s1. The summed E-state index contributed by atoms with van der Waals surface area (Å²) in [6, 6.07) is 7.11. The molecule has 2 amide bonds. The number of hydrogen-bond acceptors (Lipinski definition) is 18. The predicted octanol–water partition coefficient (Wildman–Crippen LogP) is 1.91. The first-order valence-corrected chi connectivity index (χ1v) is 24.6. The third-order valence-electron chi connectivity index (χ3n) is 10.9. The number of hydrogen-bond donors (Lipinski definition) is 6. The highest BCUT2D eigenvalue weighted by Gasteiger charge is 2.25. The summed E-state index contributed by atoms with van der Waals surface area (Å²) in [5.74, 6) is -1.16. The summed E-state index contributed by atoms with van der Waals surface area (Å²) < 4.78 is 41.0. The third kappa shape index (κ3) is 21.8. The Hall–Kier alpha value is -4.85. The molecule has 3 aromatic rings. The lowest BCUT2D eigenvalue weighted by atomic mass is 10.1. The Labute approximate surface area is 408 Å². The number of aromatic nitrogens is 3. The first-order chi connectivity index (χ1) is 33.5. The predicted molar refractivity (Wildman–Crippen MR) is 261 cm³/mol. The number of unbranched alkanes of at least 4 members (excludes halogenated alkanes) is 2. The van der Waals surface area contributed by atoms with Crippen LogP contribution in [0, 0.1) is 0 Å². The first-order valence-electron chi connectivity index (χ1n) is 23.6. The molecule has 1 aliphatic rings. The van der Waals surface area contributed by atoms with Crippen molar-refractivity contribution in [2.75, 3.05) is 142 Å². The molecule has 386 valence electrons. The van der Waals surface area contributed by atoms with Gasteiger partial charge >= 0.3 is 11.9 Å². The topological polar surface area (TPSA) is 287 Å². The number of carbonyl (C=O) groups is 4. The van der Waals surface area contributed by atoms with E-state index in [2.05, 4.69) is 55.2 Å². The van der Waals surface area contributed by atoms with Crippen molar-refractivity contribution >= 4 is 58.3 Å². The van der Waals surface area contributed by atoms with Gasteiger partial charge in [0, 0.05) is 69.7 Å². The summed E-state index contributed by atoms with van der Waals surface area (Å²) in [6.07, 6.45) is 5.36. The van der Waals surface area contributed by atoms with Gasteiger partial charge in [0.15, 0.2) is 5.82 Å². The number of carbonyl (C=O) groups excluding carboxylic acids is 2.